The number of halogens is 2. The molecule has 2 aromatic rings. The minimum atomic E-state index is -0.596. The molecule has 22 heavy (non-hydrogen) atoms. The second-order valence-electron chi connectivity index (χ2n) is 6.11. The molecular formula is C17H21ClFN3. The van der Waals surface area contributed by atoms with Crippen molar-refractivity contribution in [3.8, 4) is 0 Å². The highest BCUT2D eigenvalue weighted by molar-refractivity contribution is 6.30. The van der Waals surface area contributed by atoms with Crippen LogP contribution in [0.4, 0.5) is 15.9 Å². The van der Waals surface area contributed by atoms with Gasteiger partial charge in [-0.15, -0.1) is 0 Å². The van der Waals surface area contributed by atoms with Gasteiger partial charge in [0.15, 0.2) is 0 Å². The molecule has 0 aliphatic heterocycles. The molecule has 118 valence electrons. The van der Waals surface area contributed by atoms with Gasteiger partial charge in [-0.05, 0) is 36.2 Å². The molecule has 0 saturated carbocycles. The molecule has 1 aromatic carbocycles. The first-order chi connectivity index (χ1) is 10.3. The number of anilines is 2. The molecule has 5 heteroatoms. The van der Waals surface area contributed by atoms with Crippen LogP contribution in [-0.4, -0.2) is 11.5 Å². The van der Waals surface area contributed by atoms with Crippen LogP contribution in [-0.2, 0) is 12.1 Å². The predicted molar refractivity (Wildman–Crippen MR) is 91.2 cm³/mol. The number of nitrogens with two attached hydrogens (primary N) is 1. The van der Waals surface area contributed by atoms with E-state index in [-0.39, 0.29) is 5.41 Å². The topological polar surface area (TPSA) is 50.9 Å². The van der Waals surface area contributed by atoms with Crippen molar-refractivity contribution in [1.29, 1.82) is 0 Å². The van der Waals surface area contributed by atoms with Crippen molar-refractivity contribution >= 4 is 23.1 Å². The number of benzene rings is 1. The normalized spacial score (nSPS) is 11.5. The summed E-state index contributed by atoms with van der Waals surface area (Å²) in [6.07, 6.45) is 1.53. The number of hydrogen-bond donors (Lipinski definition) is 2. The lowest BCUT2D eigenvalue weighted by atomic mass is 9.82. The fraction of sp³-hybridized carbons (Fsp3) is 0.353. The molecule has 0 saturated heterocycles. The number of hydrogen-bond acceptors (Lipinski definition) is 3. The molecule has 0 atom stereocenters. The maximum absolute atomic E-state index is 13.1. The maximum atomic E-state index is 13.1. The minimum Gasteiger partial charge on any atom is -0.397 e. The molecule has 1 aromatic heterocycles. The number of nitrogens with zero attached hydrogens (tertiary/aromatic N) is 1. The Morgan fingerprint density at radius 3 is 2.68 bits per heavy atom. The van der Waals surface area contributed by atoms with Gasteiger partial charge in [-0.2, -0.15) is 0 Å². The second-order valence-corrected chi connectivity index (χ2v) is 6.54. The Labute approximate surface area is 135 Å². The molecule has 0 amide bonds. The molecule has 1 heterocycles. The van der Waals surface area contributed by atoms with E-state index in [1.54, 1.807) is 6.07 Å². The van der Waals surface area contributed by atoms with Gasteiger partial charge in [-0.25, -0.2) is 9.37 Å². The predicted octanol–water partition coefficient (Wildman–Crippen LogP) is 4.48. The molecule has 0 aliphatic carbocycles. The summed E-state index contributed by atoms with van der Waals surface area (Å²) in [5.74, 6) is 0.538. The third-order valence-electron chi connectivity index (χ3n) is 3.75. The first-order valence-electron chi connectivity index (χ1n) is 7.14. The first-order valence-corrected chi connectivity index (χ1v) is 7.52. The van der Waals surface area contributed by atoms with E-state index < -0.39 is 6.67 Å². The summed E-state index contributed by atoms with van der Waals surface area (Å²) in [5.41, 5.74) is 8.76. The Morgan fingerprint density at radius 2 is 2.05 bits per heavy atom. The Hall–Kier alpha value is -1.81. The molecule has 0 aliphatic rings. The molecule has 0 bridgehead atoms. The van der Waals surface area contributed by atoms with Crippen LogP contribution in [0.25, 0.3) is 0 Å². The summed E-state index contributed by atoms with van der Waals surface area (Å²) in [6, 6.07) is 7.48. The fourth-order valence-electron chi connectivity index (χ4n) is 2.58. The largest absolute Gasteiger partial charge is 0.397 e. The summed E-state index contributed by atoms with van der Waals surface area (Å²) in [7, 11) is 0. The summed E-state index contributed by atoms with van der Waals surface area (Å²) in [5, 5.41) is 3.96. The van der Waals surface area contributed by atoms with Crippen molar-refractivity contribution in [1.82, 2.24) is 4.98 Å². The lowest BCUT2D eigenvalue weighted by Gasteiger charge is -2.28. The smallest absolute Gasteiger partial charge is 0.131 e. The van der Waals surface area contributed by atoms with Gasteiger partial charge in [-0.3, -0.25) is 0 Å². The number of rotatable bonds is 5. The zero-order valence-corrected chi connectivity index (χ0v) is 13.8. The van der Waals surface area contributed by atoms with Crippen molar-refractivity contribution in [3.63, 3.8) is 0 Å². The standard InChI is InChI=1S/C17H21ClFN3/c1-11-6-13(18)4-5-15(11)17(2,3)10-22-16-12(8-19)7-14(20)9-21-16/h4-7,9H,8,10,20H2,1-3H3,(H,21,22). The Bertz CT molecular complexity index is 671. The SMILES string of the molecule is Cc1cc(Cl)ccc1C(C)(C)CNc1ncc(N)cc1CF. The van der Waals surface area contributed by atoms with E-state index in [4.69, 9.17) is 17.3 Å². The Kier molecular flexibility index (Phi) is 4.91. The average molecular weight is 322 g/mol. The molecule has 0 unspecified atom stereocenters. The van der Waals surface area contributed by atoms with E-state index in [0.29, 0.717) is 23.6 Å². The Balaban J connectivity index is 2.19. The van der Waals surface area contributed by atoms with E-state index in [2.05, 4.69) is 24.1 Å². The third-order valence-corrected chi connectivity index (χ3v) is 3.98. The number of nitrogen functional groups attached to an aromatic ring is 1. The molecule has 0 radical (unpaired) electrons. The van der Waals surface area contributed by atoms with E-state index in [9.17, 15) is 4.39 Å². The van der Waals surface area contributed by atoms with Crippen LogP contribution < -0.4 is 11.1 Å². The van der Waals surface area contributed by atoms with Crippen molar-refractivity contribution in [3.05, 3.63) is 52.2 Å². The van der Waals surface area contributed by atoms with E-state index >= 15 is 0 Å². The van der Waals surface area contributed by atoms with Crippen LogP contribution in [0.15, 0.2) is 30.5 Å². The van der Waals surface area contributed by atoms with Crippen molar-refractivity contribution in [2.75, 3.05) is 17.6 Å². The summed E-state index contributed by atoms with van der Waals surface area (Å²) in [6.45, 7) is 6.32. The van der Waals surface area contributed by atoms with Gasteiger partial charge < -0.3 is 11.1 Å². The molecule has 3 N–H and O–H groups in total. The van der Waals surface area contributed by atoms with Gasteiger partial charge in [0.1, 0.15) is 12.5 Å². The second kappa shape index (κ2) is 6.53. The lowest BCUT2D eigenvalue weighted by molar-refractivity contribution is 0.484. The summed E-state index contributed by atoms with van der Waals surface area (Å²) >= 11 is 6.02. The Morgan fingerprint density at radius 1 is 1.32 bits per heavy atom. The number of pyridine rings is 1. The monoisotopic (exact) mass is 321 g/mol. The van der Waals surface area contributed by atoms with Crippen molar-refractivity contribution in [2.24, 2.45) is 0 Å². The van der Waals surface area contributed by atoms with Gasteiger partial charge >= 0.3 is 0 Å². The van der Waals surface area contributed by atoms with Gasteiger partial charge in [-0.1, -0.05) is 31.5 Å². The van der Waals surface area contributed by atoms with E-state index in [0.717, 1.165) is 10.6 Å². The third kappa shape index (κ3) is 3.69. The highest BCUT2D eigenvalue weighted by Gasteiger charge is 2.23. The molecule has 2 rings (SSSR count). The zero-order valence-electron chi connectivity index (χ0n) is 13.1. The van der Waals surface area contributed by atoms with Gasteiger partial charge in [0.05, 0.1) is 11.9 Å². The highest BCUT2D eigenvalue weighted by Crippen LogP contribution is 2.29. The van der Waals surface area contributed by atoms with Gasteiger partial charge in [0.25, 0.3) is 0 Å². The van der Waals surface area contributed by atoms with Crippen LogP contribution in [0.5, 0.6) is 0 Å². The van der Waals surface area contributed by atoms with Crippen LogP contribution in [0.2, 0.25) is 5.02 Å². The van der Waals surface area contributed by atoms with Crippen molar-refractivity contribution in [2.45, 2.75) is 32.9 Å². The fourth-order valence-corrected chi connectivity index (χ4v) is 2.80. The first kappa shape index (κ1) is 16.6. The molecular weight excluding hydrogens is 301 g/mol. The minimum absolute atomic E-state index is 0.147. The number of nitrogens with one attached hydrogen (secondary N) is 1. The molecule has 0 fully saturated rings. The number of alkyl halides is 1. The van der Waals surface area contributed by atoms with Gasteiger partial charge in [0, 0.05) is 22.5 Å². The maximum Gasteiger partial charge on any atom is 0.131 e. The summed E-state index contributed by atoms with van der Waals surface area (Å²) < 4.78 is 13.1. The van der Waals surface area contributed by atoms with Gasteiger partial charge in [0.2, 0.25) is 0 Å². The number of aromatic nitrogens is 1. The molecule has 0 spiro atoms. The summed E-state index contributed by atoms with van der Waals surface area (Å²) in [4.78, 5) is 4.19. The molecule has 3 nitrogen and oxygen atoms in total. The van der Waals surface area contributed by atoms with Crippen molar-refractivity contribution < 1.29 is 4.39 Å². The van der Waals surface area contributed by atoms with Crippen LogP contribution in [0.3, 0.4) is 0 Å². The quantitative estimate of drug-likeness (QED) is 0.853. The zero-order chi connectivity index (χ0) is 16.3. The van der Waals surface area contributed by atoms with Crippen LogP contribution in [0, 0.1) is 6.92 Å². The van der Waals surface area contributed by atoms with E-state index in [1.807, 2.05) is 25.1 Å². The van der Waals surface area contributed by atoms with E-state index in [1.165, 1.54) is 11.8 Å². The average Bonchev–Trinajstić information content (AvgIpc) is 2.45. The number of aryl methyl sites for hydroxylation is 1. The van der Waals surface area contributed by atoms with Crippen LogP contribution >= 0.6 is 11.6 Å². The van der Waals surface area contributed by atoms with Crippen LogP contribution in [0.1, 0.15) is 30.5 Å². The lowest BCUT2D eigenvalue weighted by Crippen LogP contribution is -2.29. The highest BCUT2D eigenvalue weighted by atomic mass is 35.5.